The summed E-state index contributed by atoms with van der Waals surface area (Å²) in [7, 11) is 1.87. The van der Waals surface area contributed by atoms with Crippen LogP contribution in [0.1, 0.15) is 12.0 Å². The Morgan fingerprint density at radius 2 is 1.96 bits per heavy atom. The van der Waals surface area contributed by atoms with Gasteiger partial charge in [-0.15, -0.1) is 0 Å². The summed E-state index contributed by atoms with van der Waals surface area (Å²) < 4.78 is 12.5. The first kappa shape index (κ1) is 19.1. The Bertz CT molecular complexity index is 911. The normalized spacial score (nSPS) is 11.1. The van der Waals surface area contributed by atoms with Crippen LogP contribution in [0.15, 0.2) is 36.5 Å². The molecule has 2 heterocycles. The number of pyridine rings is 1. The van der Waals surface area contributed by atoms with Gasteiger partial charge < -0.3 is 19.5 Å². The van der Waals surface area contributed by atoms with Crippen LogP contribution < -0.4 is 9.47 Å². The van der Waals surface area contributed by atoms with E-state index in [0.29, 0.717) is 36.3 Å². The summed E-state index contributed by atoms with van der Waals surface area (Å²) in [6.45, 7) is 3.64. The van der Waals surface area contributed by atoms with Crippen molar-refractivity contribution in [1.82, 2.24) is 14.9 Å². The van der Waals surface area contributed by atoms with E-state index in [4.69, 9.17) is 14.6 Å². The number of fused-ring (bicyclic) bond motifs is 1. The van der Waals surface area contributed by atoms with E-state index in [1.54, 1.807) is 6.20 Å². The van der Waals surface area contributed by atoms with Gasteiger partial charge in [-0.1, -0.05) is 11.3 Å². The summed E-state index contributed by atoms with van der Waals surface area (Å²) in [6.07, 6.45) is 1.92. The maximum atomic E-state index is 10.6. The van der Waals surface area contributed by atoms with Crippen LogP contribution in [0.4, 0.5) is 0 Å². The molecule has 27 heavy (non-hydrogen) atoms. The van der Waals surface area contributed by atoms with Gasteiger partial charge >= 0.3 is 5.97 Å². The first-order valence-electron chi connectivity index (χ1n) is 8.54. The quantitative estimate of drug-likeness (QED) is 0.601. The Hall–Kier alpha value is -2.71. The molecule has 3 aromatic rings. The van der Waals surface area contributed by atoms with E-state index in [9.17, 15) is 4.79 Å². The maximum absolute atomic E-state index is 10.6. The van der Waals surface area contributed by atoms with Gasteiger partial charge in [0.25, 0.3) is 5.19 Å². The van der Waals surface area contributed by atoms with Crippen molar-refractivity contribution in [1.29, 1.82) is 0 Å². The Morgan fingerprint density at radius 3 is 2.70 bits per heavy atom. The van der Waals surface area contributed by atoms with Crippen LogP contribution in [-0.4, -0.2) is 52.7 Å². The molecule has 0 spiro atoms. The number of rotatable bonds is 9. The third-order valence-electron chi connectivity index (χ3n) is 3.84. The predicted molar refractivity (Wildman–Crippen MR) is 104 cm³/mol. The van der Waals surface area contributed by atoms with Crippen molar-refractivity contribution in [2.75, 3.05) is 26.7 Å². The number of nitrogens with zero attached hydrogens (tertiary/aromatic N) is 3. The Balaban J connectivity index is 1.50. The lowest BCUT2D eigenvalue weighted by molar-refractivity contribution is -0.137. The fourth-order valence-electron chi connectivity index (χ4n) is 2.36. The third-order valence-corrected chi connectivity index (χ3v) is 4.71. The van der Waals surface area contributed by atoms with Gasteiger partial charge in [0, 0.05) is 19.3 Å². The van der Waals surface area contributed by atoms with Gasteiger partial charge in [0.05, 0.1) is 11.1 Å². The molecule has 8 heteroatoms. The molecule has 2 aromatic heterocycles. The minimum Gasteiger partial charge on any atom is -0.492 e. The van der Waals surface area contributed by atoms with Crippen molar-refractivity contribution >= 4 is 27.7 Å². The number of carboxylic acids is 1. The minimum atomic E-state index is -0.794. The molecule has 0 amide bonds. The summed E-state index contributed by atoms with van der Waals surface area (Å²) in [6, 6.07) is 9.37. The molecule has 0 aliphatic carbocycles. The zero-order valence-corrected chi connectivity index (χ0v) is 16.0. The Labute approximate surface area is 161 Å². The number of thiazole rings is 1. The molecule has 1 aromatic carbocycles. The van der Waals surface area contributed by atoms with E-state index in [0.717, 1.165) is 16.0 Å². The third kappa shape index (κ3) is 5.63. The lowest BCUT2D eigenvalue weighted by Gasteiger charge is -2.15. The SMILES string of the molecule is Cc1cnc2nc(Oc3ccc(OCCN(C)CCC(=O)O)cc3)sc2c1. The molecule has 0 radical (unpaired) electrons. The molecule has 0 atom stereocenters. The van der Waals surface area contributed by atoms with Gasteiger partial charge in [-0.05, 0) is 49.9 Å². The average molecular weight is 387 g/mol. The number of hydrogen-bond donors (Lipinski definition) is 1. The first-order chi connectivity index (χ1) is 13.0. The maximum Gasteiger partial charge on any atom is 0.304 e. The highest BCUT2D eigenvalue weighted by molar-refractivity contribution is 7.20. The van der Waals surface area contributed by atoms with Gasteiger partial charge in [-0.25, -0.2) is 4.98 Å². The Kier molecular flexibility index (Phi) is 6.20. The number of carbonyl (C=O) groups is 1. The highest BCUT2D eigenvalue weighted by Gasteiger charge is 2.08. The monoisotopic (exact) mass is 387 g/mol. The van der Waals surface area contributed by atoms with Crippen LogP contribution in [0.5, 0.6) is 16.7 Å². The number of hydrogen-bond acceptors (Lipinski definition) is 7. The molecular formula is C19H21N3O4S. The second kappa shape index (κ2) is 8.79. The van der Waals surface area contributed by atoms with E-state index >= 15 is 0 Å². The van der Waals surface area contributed by atoms with Crippen molar-refractivity contribution in [3.63, 3.8) is 0 Å². The number of ether oxygens (including phenoxy) is 2. The minimum absolute atomic E-state index is 0.128. The molecule has 142 valence electrons. The van der Waals surface area contributed by atoms with E-state index in [1.165, 1.54) is 11.3 Å². The fraction of sp³-hybridized carbons (Fsp3) is 0.316. The average Bonchev–Trinajstić information content (AvgIpc) is 3.02. The summed E-state index contributed by atoms with van der Waals surface area (Å²) in [5.41, 5.74) is 1.78. The smallest absolute Gasteiger partial charge is 0.304 e. The summed E-state index contributed by atoms with van der Waals surface area (Å²) in [4.78, 5) is 21.1. The first-order valence-corrected chi connectivity index (χ1v) is 9.35. The van der Waals surface area contributed by atoms with Crippen LogP contribution in [0, 0.1) is 6.92 Å². The van der Waals surface area contributed by atoms with Gasteiger partial charge in [-0.2, -0.15) is 4.98 Å². The van der Waals surface area contributed by atoms with Crippen molar-refractivity contribution in [3.05, 3.63) is 42.1 Å². The molecule has 0 bridgehead atoms. The second-order valence-electron chi connectivity index (χ2n) is 6.18. The topological polar surface area (TPSA) is 84.8 Å². The number of benzene rings is 1. The van der Waals surface area contributed by atoms with Gasteiger partial charge in [0.2, 0.25) is 0 Å². The summed E-state index contributed by atoms with van der Waals surface area (Å²) >= 11 is 1.46. The molecule has 0 fully saturated rings. The molecule has 0 unspecified atom stereocenters. The molecule has 7 nitrogen and oxygen atoms in total. The standard InChI is InChI=1S/C19H21N3O4S/c1-13-11-16-18(20-12-13)21-19(27-16)26-15-5-3-14(4-6-15)25-10-9-22(2)8-7-17(23)24/h3-6,11-12H,7-10H2,1-2H3,(H,23,24). The molecule has 0 saturated heterocycles. The van der Waals surface area contributed by atoms with E-state index in [-0.39, 0.29) is 6.42 Å². The Morgan fingerprint density at radius 1 is 1.22 bits per heavy atom. The van der Waals surface area contributed by atoms with Crippen molar-refractivity contribution in [3.8, 4) is 16.7 Å². The van der Waals surface area contributed by atoms with Crippen molar-refractivity contribution < 1.29 is 19.4 Å². The number of carboxylic acid groups (broad SMARTS) is 1. The van der Waals surface area contributed by atoms with Crippen LogP contribution in [-0.2, 0) is 4.79 Å². The lowest BCUT2D eigenvalue weighted by atomic mass is 10.3. The molecule has 1 N–H and O–H groups in total. The highest BCUT2D eigenvalue weighted by atomic mass is 32.1. The molecule has 0 saturated carbocycles. The fourth-order valence-corrected chi connectivity index (χ4v) is 3.26. The predicted octanol–water partition coefficient (Wildman–Crippen LogP) is 3.58. The second-order valence-corrected chi connectivity index (χ2v) is 7.18. The van der Waals surface area contributed by atoms with E-state index < -0.39 is 5.97 Å². The van der Waals surface area contributed by atoms with Crippen molar-refractivity contribution in [2.45, 2.75) is 13.3 Å². The summed E-state index contributed by atoms with van der Waals surface area (Å²) in [5.74, 6) is 0.615. The van der Waals surface area contributed by atoms with E-state index in [1.807, 2.05) is 49.2 Å². The van der Waals surface area contributed by atoms with Crippen molar-refractivity contribution in [2.24, 2.45) is 0 Å². The zero-order chi connectivity index (χ0) is 19.2. The van der Waals surface area contributed by atoms with Gasteiger partial charge in [0.1, 0.15) is 18.1 Å². The zero-order valence-electron chi connectivity index (χ0n) is 15.2. The molecule has 0 aliphatic rings. The van der Waals surface area contributed by atoms with Crippen LogP contribution in [0.3, 0.4) is 0 Å². The van der Waals surface area contributed by atoms with Crippen LogP contribution >= 0.6 is 11.3 Å². The largest absolute Gasteiger partial charge is 0.492 e. The van der Waals surface area contributed by atoms with Gasteiger partial charge in [0.15, 0.2) is 5.65 Å². The van der Waals surface area contributed by atoms with Crippen LogP contribution in [0.25, 0.3) is 10.3 Å². The summed E-state index contributed by atoms with van der Waals surface area (Å²) in [5, 5.41) is 9.23. The number of aryl methyl sites for hydroxylation is 1. The highest BCUT2D eigenvalue weighted by Crippen LogP contribution is 2.31. The lowest BCUT2D eigenvalue weighted by Crippen LogP contribution is -2.26. The number of likely N-dealkylation sites (N-methyl/N-ethyl adjacent to an activating group) is 1. The molecule has 0 aliphatic heterocycles. The van der Waals surface area contributed by atoms with Gasteiger partial charge in [-0.3, -0.25) is 4.79 Å². The number of aromatic nitrogens is 2. The molecular weight excluding hydrogens is 366 g/mol. The van der Waals surface area contributed by atoms with Crippen LogP contribution in [0.2, 0.25) is 0 Å². The molecule has 3 rings (SSSR count). The van der Waals surface area contributed by atoms with E-state index in [2.05, 4.69) is 9.97 Å². The number of aliphatic carboxylic acids is 1.